The maximum Gasteiger partial charge on any atom is 0.325 e. The van der Waals surface area contributed by atoms with Gasteiger partial charge >= 0.3 is 17.9 Å². The van der Waals surface area contributed by atoms with Gasteiger partial charge in [0.2, 0.25) is 0 Å². The van der Waals surface area contributed by atoms with Crippen LogP contribution in [0.5, 0.6) is 0 Å². The number of hydrogen-bond donors (Lipinski definition) is 4. The van der Waals surface area contributed by atoms with E-state index in [1.54, 1.807) is 6.92 Å². The van der Waals surface area contributed by atoms with Crippen LogP contribution in [0.3, 0.4) is 0 Å². The first-order chi connectivity index (χ1) is 16.0. The molecule has 9 heteroatoms. The maximum atomic E-state index is 12.6. The Bertz CT molecular complexity index is 833. The Labute approximate surface area is 200 Å². The molecule has 0 saturated heterocycles. The van der Waals surface area contributed by atoms with Crippen LogP contribution >= 0.6 is 0 Å². The van der Waals surface area contributed by atoms with Gasteiger partial charge in [-0.15, -0.1) is 0 Å². The lowest BCUT2D eigenvalue weighted by Crippen LogP contribution is -2.42. The topological polar surface area (TPSA) is 154 Å². The zero-order valence-electron chi connectivity index (χ0n) is 20.1. The molecule has 0 bridgehead atoms. The molecule has 0 aliphatic heterocycles. The molecule has 0 amide bonds. The van der Waals surface area contributed by atoms with E-state index in [0.29, 0.717) is 31.4 Å². The SMILES string of the molecule is CC[C@H](C)C(=O)O[C@H]1CC(=NCC(=O)O)C=C2C=C[C@H](C)[C@H](CC[C@@H](O)C[C@@H](O)CC(=O)O)[C@H]21. The van der Waals surface area contributed by atoms with Gasteiger partial charge in [-0.3, -0.25) is 19.4 Å². The number of fused-ring (bicyclic) bond motifs is 1. The van der Waals surface area contributed by atoms with Crippen molar-refractivity contribution in [3.8, 4) is 0 Å². The average Bonchev–Trinajstić information content (AvgIpc) is 2.75. The number of esters is 1. The smallest absolute Gasteiger partial charge is 0.325 e. The number of aliphatic imine (C=N–C) groups is 1. The summed E-state index contributed by atoms with van der Waals surface area (Å²) in [6.07, 6.45) is 4.91. The van der Waals surface area contributed by atoms with Crippen LogP contribution in [-0.2, 0) is 19.1 Å². The molecule has 2 aliphatic carbocycles. The molecule has 2 aliphatic rings. The third kappa shape index (κ3) is 8.06. The Hall–Kier alpha value is -2.52. The molecule has 0 heterocycles. The standard InChI is InChI=1S/C25H37NO8/c1-4-14(2)25(33)34-21-10-17(26-13-23(31)32)9-16-6-5-15(3)20(24(16)21)8-7-18(27)11-19(28)12-22(29)30/h5-6,9,14-15,18-21,24,27-28H,4,7-8,10-13H2,1-3H3,(H,29,30)(H,31,32)/t14-,15-,18+,19+,20-,21-,24-/m0/s1. The highest BCUT2D eigenvalue weighted by molar-refractivity contribution is 5.98. The first kappa shape index (κ1) is 27.7. The summed E-state index contributed by atoms with van der Waals surface area (Å²) in [6.45, 7) is 5.42. The second-order valence-electron chi connectivity index (χ2n) is 9.46. The Balaban J connectivity index is 2.23. The number of allylic oxidation sites excluding steroid dienone is 3. The second kappa shape index (κ2) is 12.8. The summed E-state index contributed by atoms with van der Waals surface area (Å²) in [5.41, 5.74) is 1.49. The number of aliphatic carboxylic acids is 2. The molecule has 9 nitrogen and oxygen atoms in total. The highest BCUT2D eigenvalue weighted by atomic mass is 16.5. The lowest BCUT2D eigenvalue weighted by molar-refractivity contribution is -0.157. The van der Waals surface area contributed by atoms with Gasteiger partial charge < -0.3 is 25.2 Å². The molecular weight excluding hydrogens is 442 g/mol. The third-order valence-electron chi connectivity index (χ3n) is 6.75. The van der Waals surface area contributed by atoms with E-state index in [4.69, 9.17) is 14.9 Å². The Kier molecular flexibility index (Phi) is 10.4. The fourth-order valence-electron chi connectivity index (χ4n) is 4.68. The van der Waals surface area contributed by atoms with E-state index in [2.05, 4.69) is 11.9 Å². The van der Waals surface area contributed by atoms with Crippen LogP contribution in [0.4, 0.5) is 0 Å². The first-order valence-electron chi connectivity index (χ1n) is 11.9. The van der Waals surface area contributed by atoms with E-state index in [1.165, 1.54) is 0 Å². The highest BCUT2D eigenvalue weighted by Crippen LogP contribution is 2.43. The van der Waals surface area contributed by atoms with Gasteiger partial charge in [0.1, 0.15) is 12.6 Å². The number of carbonyl (C=O) groups excluding carboxylic acids is 1. The molecule has 34 heavy (non-hydrogen) atoms. The summed E-state index contributed by atoms with van der Waals surface area (Å²) >= 11 is 0. The van der Waals surface area contributed by atoms with Crippen molar-refractivity contribution in [1.29, 1.82) is 0 Å². The zero-order chi connectivity index (χ0) is 25.4. The molecule has 0 unspecified atom stereocenters. The number of aliphatic hydroxyl groups excluding tert-OH is 2. The first-order valence-corrected chi connectivity index (χ1v) is 11.9. The van der Waals surface area contributed by atoms with Crippen molar-refractivity contribution in [1.82, 2.24) is 0 Å². The summed E-state index contributed by atoms with van der Waals surface area (Å²) in [7, 11) is 0. The monoisotopic (exact) mass is 479 g/mol. The van der Waals surface area contributed by atoms with Crippen LogP contribution in [0.2, 0.25) is 0 Å². The predicted octanol–water partition coefficient (Wildman–Crippen LogP) is 2.61. The minimum Gasteiger partial charge on any atom is -0.481 e. The van der Waals surface area contributed by atoms with Gasteiger partial charge in [-0.05, 0) is 49.2 Å². The van der Waals surface area contributed by atoms with Crippen LogP contribution in [-0.4, -0.2) is 68.9 Å². The van der Waals surface area contributed by atoms with Crippen molar-refractivity contribution in [2.24, 2.45) is 28.7 Å². The van der Waals surface area contributed by atoms with Gasteiger partial charge in [-0.2, -0.15) is 0 Å². The van der Waals surface area contributed by atoms with Crippen LogP contribution in [0.1, 0.15) is 59.3 Å². The fourth-order valence-corrected chi connectivity index (χ4v) is 4.68. The molecule has 0 radical (unpaired) electrons. The minimum absolute atomic E-state index is 0.0188. The van der Waals surface area contributed by atoms with Gasteiger partial charge in [0, 0.05) is 18.1 Å². The van der Waals surface area contributed by atoms with Crippen LogP contribution in [0, 0.1) is 23.7 Å². The van der Waals surface area contributed by atoms with E-state index in [1.807, 2.05) is 25.2 Å². The van der Waals surface area contributed by atoms with Gasteiger partial charge in [-0.25, -0.2) is 0 Å². The predicted molar refractivity (Wildman–Crippen MR) is 125 cm³/mol. The summed E-state index contributed by atoms with van der Waals surface area (Å²) in [5, 5.41) is 38.0. The van der Waals surface area contributed by atoms with E-state index >= 15 is 0 Å². The lowest BCUT2D eigenvalue weighted by Gasteiger charge is -2.42. The Morgan fingerprint density at radius 2 is 1.88 bits per heavy atom. The number of carboxylic acid groups (broad SMARTS) is 2. The van der Waals surface area contributed by atoms with Gasteiger partial charge in [0.25, 0.3) is 0 Å². The van der Waals surface area contributed by atoms with Gasteiger partial charge in [-0.1, -0.05) is 32.9 Å². The molecule has 7 atom stereocenters. The van der Waals surface area contributed by atoms with Crippen LogP contribution in [0.15, 0.2) is 28.8 Å². The molecule has 0 aromatic carbocycles. The number of nitrogens with zero attached hydrogens (tertiary/aromatic N) is 1. The number of carbonyl (C=O) groups is 3. The molecule has 0 fully saturated rings. The van der Waals surface area contributed by atoms with E-state index < -0.39 is 36.7 Å². The van der Waals surface area contributed by atoms with E-state index in [-0.39, 0.29) is 42.6 Å². The maximum absolute atomic E-state index is 12.6. The molecule has 4 N–H and O–H groups in total. The summed E-state index contributed by atoms with van der Waals surface area (Å²) in [6, 6.07) is 0. The van der Waals surface area contributed by atoms with E-state index in [0.717, 1.165) is 5.57 Å². The fraction of sp³-hybridized carbons (Fsp3) is 0.680. The summed E-state index contributed by atoms with van der Waals surface area (Å²) in [5.74, 6) is -2.67. The van der Waals surface area contributed by atoms with Crippen molar-refractivity contribution < 1.29 is 39.5 Å². The third-order valence-corrected chi connectivity index (χ3v) is 6.75. The number of aliphatic hydroxyl groups is 2. The second-order valence-corrected chi connectivity index (χ2v) is 9.46. The number of hydrogen-bond acceptors (Lipinski definition) is 7. The van der Waals surface area contributed by atoms with Crippen molar-refractivity contribution >= 4 is 23.6 Å². The Morgan fingerprint density at radius 3 is 2.50 bits per heavy atom. The summed E-state index contributed by atoms with van der Waals surface area (Å²) < 4.78 is 5.93. The molecular formula is C25H37NO8. The molecule has 2 rings (SSSR count). The average molecular weight is 480 g/mol. The van der Waals surface area contributed by atoms with Crippen LogP contribution in [0.25, 0.3) is 0 Å². The largest absolute Gasteiger partial charge is 0.481 e. The van der Waals surface area contributed by atoms with Gasteiger partial charge in [0.15, 0.2) is 0 Å². The van der Waals surface area contributed by atoms with Crippen LogP contribution < -0.4 is 0 Å². The summed E-state index contributed by atoms with van der Waals surface area (Å²) in [4.78, 5) is 38.6. The zero-order valence-corrected chi connectivity index (χ0v) is 20.1. The van der Waals surface area contributed by atoms with Crippen molar-refractivity contribution in [2.75, 3.05) is 6.54 Å². The van der Waals surface area contributed by atoms with E-state index in [9.17, 15) is 24.6 Å². The van der Waals surface area contributed by atoms with Crippen molar-refractivity contribution in [2.45, 2.75) is 77.6 Å². The Morgan fingerprint density at radius 1 is 1.18 bits per heavy atom. The quantitative estimate of drug-likeness (QED) is 0.312. The highest BCUT2D eigenvalue weighted by Gasteiger charge is 2.41. The van der Waals surface area contributed by atoms with Gasteiger partial charge in [0.05, 0.1) is 24.5 Å². The normalized spacial score (nSPS) is 27.9. The molecule has 0 aromatic heterocycles. The molecule has 0 saturated carbocycles. The lowest BCUT2D eigenvalue weighted by atomic mass is 9.66. The minimum atomic E-state index is -1.12. The molecule has 190 valence electrons. The van der Waals surface area contributed by atoms with Crippen molar-refractivity contribution in [3.63, 3.8) is 0 Å². The number of rotatable bonds is 12. The molecule has 0 aromatic rings. The number of ether oxygens (including phenoxy) is 1. The molecule has 0 spiro atoms. The number of carboxylic acids is 2. The van der Waals surface area contributed by atoms with Crippen molar-refractivity contribution in [3.05, 3.63) is 23.8 Å².